The van der Waals surface area contributed by atoms with E-state index < -0.39 is 6.04 Å². The van der Waals surface area contributed by atoms with Crippen molar-refractivity contribution >= 4 is 49.4 Å². The average Bonchev–Trinajstić information content (AvgIpc) is 3.34. The number of ether oxygens (including phenoxy) is 2. The third-order valence-electron chi connectivity index (χ3n) is 6.07. The SMILES string of the molecule is COc1cc(C2C(C(=O)Nc3cccc(C)c3)=C(C)Nc3nnnn32)cc(Br)c1OCc1cccc(Br)c1. The fourth-order valence-corrected chi connectivity index (χ4v) is 5.38. The molecule has 1 aliphatic heterocycles. The quantitative estimate of drug-likeness (QED) is 0.255. The van der Waals surface area contributed by atoms with E-state index in [0.29, 0.717) is 45.5 Å². The van der Waals surface area contributed by atoms with E-state index in [-0.39, 0.29) is 5.91 Å². The number of allylic oxidation sites excluding steroid dienone is 1. The number of carbonyl (C=O) groups excluding carboxylic acids is 1. The molecule has 0 aliphatic carbocycles. The van der Waals surface area contributed by atoms with E-state index in [1.807, 2.05) is 74.5 Å². The zero-order valence-corrected chi connectivity index (χ0v) is 24.0. The van der Waals surface area contributed by atoms with E-state index in [2.05, 4.69) is 58.0 Å². The van der Waals surface area contributed by atoms with Gasteiger partial charge in [-0.2, -0.15) is 4.68 Å². The van der Waals surface area contributed by atoms with Gasteiger partial charge in [0.1, 0.15) is 12.6 Å². The Bertz CT molecular complexity index is 1550. The average molecular weight is 640 g/mol. The molecular weight excluding hydrogens is 616 g/mol. The number of hydrogen-bond donors (Lipinski definition) is 2. The molecule has 4 aromatic rings. The van der Waals surface area contributed by atoms with Crippen LogP contribution in [0.5, 0.6) is 11.5 Å². The number of aryl methyl sites for hydroxylation is 1. The molecule has 1 atom stereocenters. The lowest BCUT2D eigenvalue weighted by Gasteiger charge is -2.28. The zero-order chi connectivity index (χ0) is 26.8. The van der Waals surface area contributed by atoms with E-state index in [1.54, 1.807) is 11.8 Å². The number of anilines is 2. The summed E-state index contributed by atoms with van der Waals surface area (Å²) < 4.78 is 15.1. The first kappa shape index (κ1) is 25.9. The molecule has 0 saturated heterocycles. The summed E-state index contributed by atoms with van der Waals surface area (Å²) in [6, 6.07) is 18.7. The maximum absolute atomic E-state index is 13.6. The highest BCUT2D eigenvalue weighted by Gasteiger charge is 2.35. The summed E-state index contributed by atoms with van der Waals surface area (Å²) in [6.07, 6.45) is 0. The summed E-state index contributed by atoms with van der Waals surface area (Å²) in [7, 11) is 1.58. The molecule has 194 valence electrons. The van der Waals surface area contributed by atoms with Crippen LogP contribution in [0, 0.1) is 6.92 Å². The van der Waals surface area contributed by atoms with Gasteiger partial charge in [0.25, 0.3) is 5.91 Å². The van der Waals surface area contributed by atoms with E-state index in [1.165, 1.54) is 0 Å². The highest BCUT2D eigenvalue weighted by molar-refractivity contribution is 9.10. The van der Waals surface area contributed by atoms with Crippen molar-refractivity contribution < 1.29 is 14.3 Å². The van der Waals surface area contributed by atoms with Gasteiger partial charge in [0.2, 0.25) is 5.95 Å². The minimum Gasteiger partial charge on any atom is -0.493 e. The van der Waals surface area contributed by atoms with Crippen molar-refractivity contribution in [3.05, 3.63) is 97.6 Å². The maximum atomic E-state index is 13.6. The number of amides is 1. The highest BCUT2D eigenvalue weighted by atomic mass is 79.9. The molecule has 2 N–H and O–H groups in total. The van der Waals surface area contributed by atoms with Gasteiger partial charge < -0.3 is 20.1 Å². The molecular formula is C27H24Br2N6O3. The van der Waals surface area contributed by atoms with Crippen molar-refractivity contribution in [2.45, 2.75) is 26.5 Å². The summed E-state index contributed by atoms with van der Waals surface area (Å²) >= 11 is 7.14. The summed E-state index contributed by atoms with van der Waals surface area (Å²) in [4.78, 5) is 13.6. The number of aromatic nitrogens is 4. The van der Waals surface area contributed by atoms with Gasteiger partial charge in [0, 0.05) is 15.9 Å². The molecule has 1 aliphatic rings. The van der Waals surface area contributed by atoms with Gasteiger partial charge in [-0.05, 0) is 93.3 Å². The standard InChI is InChI=1S/C27H24Br2N6O3/c1-15-6-4-9-20(10-15)31-26(36)23-16(2)30-27-32-33-34-35(27)24(23)18-12-21(29)25(22(13-18)37-3)38-14-17-7-5-8-19(28)11-17/h4-13,24H,14H2,1-3H3,(H,31,36)(H,30,32,34). The van der Waals surface area contributed by atoms with Crippen LogP contribution in [0.25, 0.3) is 0 Å². The normalized spacial score (nSPS) is 14.5. The summed E-state index contributed by atoms with van der Waals surface area (Å²) in [5.41, 5.74) is 4.61. The number of carbonyl (C=O) groups is 1. The van der Waals surface area contributed by atoms with Crippen LogP contribution in [0.2, 0.25) is 0 Å². The van der Waals surface area contributed by atoms with Crippen molar-refractivity contribution in [2.75, 3.05) is 17.7 Å². The van der Waals surface area contributed by atoms with Crippen LogP contribution in [0.3, 0.4) is 0 Å². The van der Waals surface area contributed by atoms with Crippen LogP contribution in [0.1, 0.15) is 29.7 Å². The van der Waals surface area contributed by atoms with Gasteiger partial charge in [-0.25, -0.2) is 0 Å². The Labute approximate surface area is 236 Å². The van der Waals surface area contributed by atoms with Crippen LogP contribution >= 0.6 is 31.9 Å². The Morgan fingerprint density at radius 3 is 2.68 bits per heavy atom. The first-order chi connectivity index (χ1) is 18.3. The number of halogens is 2. The van der Waals surface area contributed by atoms with E-state index in [4.69, 9.17) is 9.47 Å². The zero-order valence-electron chi connectivity index (χ0n) is 20.8. The molecule has 2 heterocycles. The van der Waals surface area contributed by atoms with Gasteiger partial charge in [0.05, 0.1) is 17.2 Å². The van der Waals surface area contributed by atoms with Gasteiger partial charge in [-0.1, -0.05) is 45.3 Å². The lowest BCUT2D eigenvalue weighted by molar-refractivity contribution is -0.113. The van der Waals surface area contributed by atoms with Crippen molar-refractivity contribution in [3.63, 3.8) is 0 Å². The molecule has 11 heteroatoms. The van der Waals surface area contributed by atoms with Crippen LogP contribution in [-0.4, -0.2) is 33.2 Å². The summed E-state index contributed by atoms with van der Waals surface area (Å²) in [5, 5.41) is 18.2. The minimum absolute atomic E-state index is 0.267. The molecule has 0 saturated carbocycles. The molecule has 0 bridgehead atoms. The molecule has 38 heavy (non-hydrogen) atoms. The Hall–Kier alpha value is -3.70. The Balaban J connectivity index is 1.51. The summed E-state index contributed by atoms with van der Waals surface area (Å²) in [6.45, 7) is 4.15. The van der Waals surface area contributed by atoms with Crippen LogP contribution in [0.4, 0.5) is 11.6 Å². The summed E-state index contributed by atoms with van der Waals surface area (Å²) in [5.74, 6) is 1.23. The fourth-order valence-electron chi connectivity index (χ4n) is 4.36. The van der Waals surface area contributed by atoms with Gasteiger partial charge >= 0.3 is 0 Å². The third kappa shape index (κ3) is 5.30. The second-order valence-electron chi connectivity index (χ2n) is 8.79. The Morgan fingerprint density at radius 1 is 1.11 bits per heavy atom. The predicted molar refractivity (Wildman–Crippen MR) is 151 cm³/mol. The van der Waals surface area contributed by atoms with Gasteiger partial charge in [0.15, 0.2) is 11.5 Å². The number of nitrogens with zero attached hydrogens (tertiary/aromatic N) is 4. The monoisotopic (exact) mass is 638 g/mol. The van der Waals surface area contributed by atoms with Crippen LogP contribution in [0.15, 0.2) is 80.9 Å². The van der Waals surface area contributed by atoms with E-state index >= 15 is 0 Å². The fraction of sp³-hybridized carbons (Fsp3) is 0.185. The lowest BCUT2D eigenvalue weighted by atomic mass is 9.94. The molecule has 1 unspecified atom stereocenters. The second-order valence-corrected chi connectivity index (χ2v) is 10.6. The Morgan fingerprint density at radius 2 is 1.92 bits per heavy atom. The first-order valence-corrected chi connectivity index (χ1v) is 13.3. The molecule has 0 fully saturated rings. The number of rotatable bonds is 7. The first-order valence-electron chi connectivity index (χ1n) is 11.7. The lowest BCUT2D eigenvalue weighted by Crippen LogP contribution is -2.31. The molecule has 3 aromatic carbocycles. The number of methoxy groups -OCH3 is 1. The predicted octanol–water partition coefficient (Wildman–Crippen LogP) is 6.02. The molecule has 0 radical (unpaired) electrons. The van der Waals surface area contributed by atoms with Crippen LogP contribution < -0.4 is 20.1 Å². The third-order valence-corrected chi connectivity index (χ3v) is 7.16. The molecule has 1 amide bonds. The molecule has 1 aromatic heterocycles. The van der Waals surface area contributed by atoms with Crippen molar-refractivity contribution in [1.29, 1.82) is 0 Å². The molecule has 5 rings (SSSR count). The molecule has 0 spiro atoms. The minimum atomic E-state index is -0.615. The number of hydrogen-bond acceptors (Lipinski definition) is 7. The number of benzene rings is 3. The number of tetrazole rings is 1. The van der Waals surface area contributed by atoms with E-state index in [9.17, 15) is 4.79 Å². The highest BCUT2D eigenvalue weighted by Crippen LogP contribution is 2.43. The van der Waals surface area contributed by atoms with Crippen molar-refractivity contribution in [1.82, 2.24) is 20.2 Å². The van der Waals surface area contributed by atoms with E-state index in [0.717, 1.165) is 21.2 Å². The second kappa shape index (κ2) is 11.0. The van der Waals surface area contributed by atoms with Crippen molar-refractivity contribution in [2.24, 2.45) is 0 Å². The molecule has 9 nitrogen and oxygen atoms in total. The smallest absolute Gasteiger partial charge is 0.255 e. The number of nitrogens with one attached hydrogen (secondary N) is 2. The van der Waals surface area contributed by atoms with Gasteiger partial charge in [-0.15, -0.1) is 0 Å². The van der Waals surface area contributed by atoms with Crippen LogP contribution in [-0.2, 0) is 11.4 Å². The Kier molecular flexibility index (Phi) is 7.48. The maximum Gasteiger partial charge on any atom is 0.255 e. The largest absolute Gasteiger partial charge is 0.493 e. The van der Waals surface area contributed by atoms with Crippen molar-refractivity contribution in [3.8, 4) is 11.5 Å². The topological polar surface area (TPSA) is 103 Å². The van der Waals surface area contributed by atoms with Gasteiger partial charge in [-0.3, -0.25) is 4.79 Å². The number of fused-ring (bicyclic) bond motifs is 1.